The van der Waals surface area contributed by atoms with Gasteiger partial charge in [0.25, 0.3) is 11.6 Å². The van der Waals surface area contributed by atoms with Crippen molar-refractivity contribution >= 4 is 38.3 Å². The van der Waals surface area contributed by atoms with Crippen LogP contribution in [0.2, 0.25) is 0 Å². The molecule has 0 saturated carbocycles. The molecule has 29 heavy (non-hydrogen) atoms. The second-order valence-electron chi connectivity index (χ2n) is 7.47. The number of carbonyl (C=O) groups excluding carboxylic acids is 1. The Labute approximate surface area is 173 Å². The van der Waals surface area contributed by atoms with E-state index >= 15 is 0 Å². The van der Waals surface area contributed by atoms with Crippen LogP contribution in [0.3, 0.4) is 0 Å². The minimum atomic E-state index is -0.468. The summed E-state index contributed by atoms with van der Waals surface area (Å²) >= 11 is 1.50. The molecule has 0 atom stereocenters. The number of non-ortho nitro benzene ring substituents is 1. The first-order valence-electron chi connectivity index (χ1n) is 9.49. The highest BCUT2D eigenvalue weighted by atomic mass is 32.1. The molecule has 0 aliphatic rings. The summed E-state index contributed by atoms with van der Waals surface area (Å²) in [4.78, 5) is 31.4. The van der Waals surface area contributed by atoms with Crippen molar-refractivity contribution in [3.63, 3.8) is 0 Å². The van der Waals surface area contributed by atoms with Gasteiger partial charge in [-0.2, -0.15) is 0 Å². The van der Waals surface area contributed by atoms with Crippen molar-refractivity contribution < 1.29 is 14.6 Å². The zero-order chi connectivity index (χ0) is 21.1. The number of aromatic nitrogens is 1. The molecule has 0 saturated heterocycles. The fraction of sp³-hybridized carbons (Fsp3) is 0.333. The van der Waals surface area contributed by atoms with Gasteiger partial charge in [0.05, 0.1) is 35.8 Å². The Hall–Kier alpha value is -2.84. The van der Waals surface area contributed by atoms with E-state index in [1.54, 1.807) is 4.90 Å². The molecule has 3 rings (SSSR count). The lowest BCUT2D eigenvalue weighted by atomic mass is 10.1. The van der Waals surface area contributed by atoms with Gasteiger partial charge in [-0.25, -0.2) is 4.98 Å². The predicted molar refractivity (Wildman–Crippen MR) is 116 cm³/mol. The van der Waals surface area contributed by atoms with Gasteiger partial charge in [-0.3, -0.25) is 19.8 Å². The molecule has 152 valence electrons. The number of nitro groups is 1. The molecule has 1 amide bonds. The second-order valence-corrected chi connectivity index (χ2v) is 8.48. The number of nitrogens with zero attached hydrogens (tertiary/aromatic N) is 3. The molecule has 1 N–H and O–H groups in total. The van der Waals surface area contributed by atoms with Crippen molar-refractivity contribution in [3.05, 3.63) is 63.2 Å². The molecule has 1 aromatic heterocycles. The molecule has 2 aromatic carbocycles. The Morgan fingerprint density at radius 3 is 2.45 bits per heavy atom. The van der Waals surface area contributed by atoms with Crippen LogP contribution in [-0.2, 0) is 0 Å². The molecular weight excluding hydrogens is 388 g/mol. The van der Waals surface area contributed by atoms with E-state index in [0.717, 1.165) is 23.2 Å². The molecule has 7 nitrogen and oxygen atoms in total. The number of carbonyl (C=O) groups is 1. The van der Waals surface area contributed by atoms with Crippen LogP contribution in [0.25, 0.3) is 10.2 Å². The summed E-state index contributed by atoms with van der Waals surface area (Å²) < 4.78 is 1.04. The average Bonchev–Trinajstić information content (AvgIpc) is 3.07. The van der Waals surface area contributed by atoms with Crippen LogP contribution < -0.4 is 9.80 Å². The molecule has 0 unspecified atom stereocenters. The average molecular weight is 414 g/mol. The Bertz CT molecular complexity index is 1010. The predicted octanol–water partition coefficient (Wildman–Crippen LogP) is 3.00. The topological polar surface area (TPSA) is 80.8 Å². The van der Waals surface area contributed by atoms with E-state index in [1.807, 2.05) is 13.0 Å². The summed E-state index contributed by atoms with van der Waals surface area (Å²) in [5, 5.41) is 11.6. The fourth-order valence-electron chi connectivity index (χ4n) is 3.04. The van der Waals surface area contributed by atoms with E-state index < -0.39 is 4.92 Å². The smallest absolute Gasteiger partial charge is 0.269 e. The van der Waals surface area contributed by atoms with Crippen molar-refractivity contribution in [2.45, 2.75) is 20.3 Å². The number of benzene rings is 2. The maximum atomic E-state index is 13.2. The number of aryl methyl sites for hydroxylation is 2. The van der Waals surface area contributed by atoms with Gasteiger partial charge in [0, 0.05) is 30.7 Å². The van der Waals surface area contributed by atoms with Crippen molar-refractivity contribution in [1.29, 1.82) is 0 Å². The molecule has 3 aromatic rings. The van der Waals surface area contributed by atoms with E-state index in [-0.39, 0.29) is 11.6 Å². The Morgan fingerprint density at radius 1 is 1.17 bits per heavy atom. The molecule has 0 aliphatic heterocycles. The van der Waals surface area contributed by atoms with Crippen LogP contribution in [0, 0.1) is 24.0 Å². The number of quaternary nitrogens is 1. The van der Waals surface area contributed by atoms with E-state index in [9.17, 15) is 14.9 Å². The number of rotatable bonds is 7. The summed E-state index contributed by atoms with van der Waals surface area (Å²) in [6, 6.07) is 9.88. The first-order chi connectivity index (χ1) is 13.8. The lowest BCUT2D eigenvalue weighted by Gasteiger charge is -2.20. The number of anilines is 1. The molecule has 0 aliphatic carbocycles. The summed E-state index contributed by atoms with van der Waals surface area (Å²) in [5.74, 6) is -0.193. The fourth-order valence-corrected chi connectivity index (χ4v) is 4.11. The van der Waals surface area contributed by atoms with Gasteiger partial charge in [-0.05, 0) is 49.2 Å². The van der Waals surface area contributed by atoms with Crippen molar-refractivity contribution in [2.24, 2.45) is 0 Å². The summed E-state index contributed by atoms with van der Waals surface area (Å²) in [5.41, 5.74) is 3.62. The van der Waals surface area contributed by atoms with Gasteiger partial charge in [-0.15, -0.1) is 0 Å². The van der Waals surface area contributed by atoms with Crippen LogP contribution in [0.5, 0.6) is 0 Å². The van der Waals surface area contributed by atoms with E-state index in [4.69, 9.17) is 4.98 Å². The molecule has 0 fully saturated rings. The van der Waals surface area contributed by atoms with E-state index in [0.29, 0.717) is 17.2 Å². The third-order valence-electron chi connectivity index (χ3n) is 4.85. The Balaban J connectivity index is 1.95. The lowest BCUT2D eigenvalue weighted by Crippen LogP contribution is -3.05. The Morgan fingerprint density at radius 2 is 1.83 bits per heavy atom. The number of nitro benzene ring substituents is 1. The summed E-state index contributed by atoms with van der Waals surface area (Å²) in [6.07, 6.45) is 0.828. The quantitative estimate of drug-likeness (QED) is 0.477. The number of thiazole rings is 1. The van der Waals surface area contributed by atoms with E-state index in [1.165, 1.54) is 51.6 Å². The van der Waals surface area contributed by atoms with Crippen LogP contribution in [-0.4, -0.2) is 43.0 Å². The van der Waals surface area contributed by atoms with Crippen LogP contribution >= 0.6 is 11.3 Å². The zero-order valence-electron chi connectivity index (χ0n) is 17.1. The first kappa shape index (κ1) is 20.9. The number of amides is 1. The maximum absolute atomic E-state index is 13.2. The van der Waals surface area contributed by atoms with Gasteiger partial charge in [0.15, 0.2) is 5.13 Å². The molecule has 0 bridgehead atoms. The number of hydrogen-bond acceptors (Lipinski definition) is 5. The second kappa shape index (κ2) is 8.67. The zero-order valence-corrected chi connectivity index (χ0v) is 17.9. The van der Waals surface area contributed by atoms with E-state index in [2.05, 4.69) is 27.1 Å². The minimum Gasteiger partial charge on any atom is -0.340 e. The SMILES string of the molecule is Cc1cc2nc(N(CCC[NH+](C)C)C(=O)c3ccc([N+](=O)[O-])cc3)sc2cc1C. The highest BCUT2D eigenvalue weighted by Crippen LogP contribution is 2.31. The van der Waals surface area contributed by atoms with Gasteiger partial charge in [0.1, 0.15) is 0 Å². The van der Waals surface area contributed by atoms with Gasteiger partial charge in [-0.1, -0.05) is 11.3 Å². The monoisotopic (exact) mass is 413 g/mol. The largest absolute Gasteiger partial charge is 0.340 e. The molecule has 0 spiro atoms. The highest BCUT2D eigenvalue weighted by Gasteiger charge is 2.22. The van der Waals surface area contributed by atoms with Gasteiger partial charge < -0.3 is 4.90 Å². The van der Waals surface area contributed by atoms with Crippen molar-refractivity contribution in [2.75, 3.05) is 32.1 Å². The molecular formula is C21H25N4O3S+. The third-order valence-corrected chi connectivity index (χ3v) is 5.89. The van der Waals surface area contributed by atoms with Crippen LogP contribution in [0.15, 0.2) is 36.4 Å². The summed E-state index contributed by atoms with van der Waals surface area (Å²) in [7, 11) is 4.15. The third kappa shape index (κ3) is 4.78. The highest BCUT2D eigenvalue weighted by molar-refractivity contribution is 7.22. The molecule has 8 heteroatoms. The van der Waals surface area contributed by atoms with Crippen LogP contribution in [0.1, 0.15) is 27.9 Å². The Kier molecular flexibility index (Phi) is 6.24. The standard InChI is InChI=1S/C21H24N4O3S/c1-14-12-18-19(13-15(14)2)29-21(22-18)24(11-5-10-23(3)4)20(26)16-6-8-17(9-7-16)25(27)28/h6-9,12-13H,5,10-11H2,1-4H3/p+1. The number of fused-ring (bicyclic) bond motifs is 1. The number of nitrogens with one attached hydrogen (secondary N) is 1. The van der Waals surface area contributed by atoms with Crippen molar-refractivity contribution in [1.82, 2.24) is 4.98 Å². The van der Waals surface area contributed by atoms with Crippen molar-refractivity contribution in [3.8, 4) is 0 Å². The number of hydrogen-bond donors (Lipinski definition) is 1. The molecule has 0 radical (unpaired) electrons. The normalized spacial score (nSPS) is 11.2. The summed E-state index contributed by atoms with van der Waals surface area (Å²) in [6.45, 7) is 5.58. The first-order valence-corrected chi connectivity index (χ1v) is 10.3. The lowest BCUT2D eigenvalue weighted by molar-refractivity contribution is -0.858. The minimum absolute atomic E-state index is 0.0322. The maximum Gasteiger partial charge on any atom is 0.269 e. The van der Waals surface area contributed by atoms with Gasteiger partial charge in [0.2, 0.25) is 0 Å². The van der Waals surface area contributed by atoms with Crippen LogP contribution in [0.4, 0.5) is 10.8 Å². The van der Waals surface area contributed by atoms with Gasteiger partial charge >= 0.3 is 0 Å². The molecule has 1 heterocycles.